The first-order chi connectivity index (χ1) is 12.5. The minimum Gasteiger partial charge on any atom is -0.506 e. The Morgan fingerprint density at radius 1 is 1.04 bits per heavy atom. The van der Waals surface area contributed by atoms with E-state index >= 15 is 0 Å². The van der Waals surface area contributed by atoms with Crippen LogP contribution in [0.5, 0.6) is 11.5 Å². The Morgan fingerprint density at radius 3 is 2.22 bits per heavy atom. The molecule has 148 valence electrons. The van der Waals surface area contributed by atoms with Crippen molar-refractivity contribution in [2.45, 2.75) is 43.7 Å². The summed E-state index contributed by atoms with van der Waals surface area (Å²) in [6.07, 6.45) is -1.31. The number of nitrogens with one attached hydrogen (secondary N) is 1. The molecule has 27 heavy (non-hydrogen) atoms. The van der Waals surface area contributed by atoms with Gasteiger partial charge in [-0.15, -0.1) is 0 Å². The van der Waals surface area contributed by atoms with Crippen LogP contribution in [0.1, 0.15) is 37.3 Å². The van der Waals surface area contributed by atoms with Crippen LogP contribution in [-0.2, 0) is 22.6 Å². The van der Waals surface area contributed by atoms with E-state index in [1.54, 1.807) is 0 Å². The molecule has 0 spiro atoms. The number of unbranched alkanes of at least 4 members (excludes halogenated alkanes) is 2. The molecular weight excluding hydrogens is 383 g/mol. The van der Waals surface area contributed by atoms with Crippen molar-refractivity contribution in [1.29, 1.82) is 0 Å². The van der Waals surface area contributed by atoms with E-state index in [0.29, 0.717) is 18.1 Å². The summed E-state index contributed by atoms with van der Waals surface area (Å²) in [4.78, 5) is -0.636. The topological polar surface area (TPSA) is 86.6 Å². The summed E-state index contributed by atoms with van der Waals surface area (Å²) in [5.41, 5.74) is -0.975. The van der Waals surface area contributed by atoms with E-state index in [-0.39, 0.29) is 0 Å². The Balaban J connectivity index is 2.30. The number of alkyl halides is 3. The van der Waals surface area contributed by atoms with Crippen molar-refractivity contribution in [2.75, 3.05) is 4.72 Å². The van der Waals surface area contributed by atoms with Crippen LogP contribution in [-0.4, -0.2) is 18.6 Å². The Morgan fingerprint density at radius 2 is 1.67 bits per heavy atom. The van der Waals surface area contributed by atoms with Gasteiger partial charge in [-0.25, -0.2) is 8.42 Å². The highest BCUT2D eigenvalue weighted by Gasteiger charge is 2.32. The normalized spacial score (nSPS) is 12.1. The van der Waals surface area contributed by atoms with Crippen LogP contribution >= 0.6 is 0 Å². The molecule has 0 fully saturated rings. The van der Waals surface area contributed by atoms with Gasteiger partial charge in [0, 0.05) is 0 Å². The third kappa shape index (κ3) is 5.29. The predicted octanol–water partition coefficient (Wildman–Crippen LogP) is 4.65. The molecule has 9 heteroatoms. The van der Waals surface area contributed by atoms with Gasteiger partial charge in [0.1, 0.15) is 17.2 Å². The number of hydrogen-bond acceptors (Lipinski definition) is 4. The first kappa shape index (κ1) is 20.9. The molecule has 3 N–H and O–H groups in total. The van der Waals surface area contributed by atoms with Crippen LogP contribution in [0.4, 0.5) is 18.9 Å². The summed E-state index contributed by atoms with van der Waals surface area (Å²) < 4.78 is 65.1. The zero-order valence-corrected chi connectivity index (χ0v) is 15.4. The van der Waals surface area contributed by atoms with Gasteiger partial charge in [0.05, 0.1) is 10.5 Å². The molecule has 2 aromatic carbocycles. The second-order valence-corrected chi connectivity index (χ2v) is 7.78. The standard InChI is InChI=1S/C18H20F3NO4S/c1-2-3-4-6-12-9-15(23)17(16(24)10-12)22-27(25,26)14-8-5-7-13(11-14)18(19,20)21/h5,7-11,22-24H,2-4,6H2,1H3. The number of aryl methyl sites for hydroxylation is 1. The van der Waals surface area contributed by atoms with Crippen LogP contribution in [0.2, 0.25) is 0 Å². The van der Waals surface area contributed by atoms with Crippen LogP contribution in [0.15, 0.2) is 41.3 Å². The van der Waals surface area contributed by atoms with Gasteiger partial charge < -0.3 is 10.2 Å². The number of phenolic OH excluding ortho intramolecular Hbond substituents is 2. The first-order valence-corrected chi connectivity index (χ1v) is 9.78. The monoisotopic (exact) mass is 403 g/mol. The molecule has 0 amide bonds. The number of anilines is 1. The first-order valence-electron chi connectivity index (χ1n) is 8.29. The quantitative estimate of drug-likeness (QED) is 0.464. The summed E-state index contributed by atoms with van der Waals surface area (Å²) in [6.45, 7) is 2.03. The molecule has 0 aromatic heterocycles. The van der Waals surface area contributed by atoms with Crippen molar-refractivity contribution < 1.29 is 31.8 Å². The minimum atomic E-state index is -4.70. The van der Waals surface area contributed by atoms with Gasteiger partial charge in [-0.05, 0) is 48.7 Å². The molecule has 0 bridgehead atoms. The van der Waals surface area contributed by atoms with E-state index in [4.69, 9.17) is 0 Å². The van der Waals surface area contributed by atoms with Gasteiger partial charge in [0.25, 0.3) is 10.0 Å². The Kier molecular flexibility index (Phi) is 6.25. The fraction of sp³-hybridized carbons (Fsp3) is 0.333. The van der Waals surface area contributed by atoms with Crippen molar-refractivity contribution in [3.05, 3.63) is 47.5 Å². The molecule has 2 aromatic rings. The van der Waals surface area contributed by atoms with E-state index in [0.717, 1.165) is 37.5 Å². The minimum absolute atomic E-state index is 0.480. The number of aromatic hydroxyl groups is 2. The lowest BCUT2D eigenvalue weighted by Crippen LogP contribution is -2.15. The van der Waals surface area contributed by atoms with E-state index in [2.05, 4.69) is 0 Å². The Bertz CT molecular complexity index is 888. The number of rotatable bonds is 7. The summed E-state index contributed by atoms with van der Waals surface area (Å²) in [5.74, 6) is -1.01. The third-order valence-electron chi connectivity index (χ3n) is 3.93. The van der Waals surface area contributed by atoms with Crippen LogP contribution in [0.3, 0.4) is 0 Å². The zero-order valence-electron chi connectivity index (χ0n) is 14.5. The highest BCUT2D eigenvalue weighted by molar-refractivity contribution is 7.92. The molecule has 2 rings (SSSR count). The van der Waals surface area contributed by atoms with Gasteiger partial charge in [-0.2, -0.15) is 13.2 Å². The van der Waals surface area contributed by atoms with E-state index in [1.807, 2.05) is 11.6 Å². The zero-order chi connectivity index (χ0) is 20.2. The number of sulfonamides is 1. The highest BCUT2D eigenvalue weighted by atomic mass is 32.2. The smallest absolute Gasteiger partial charge is 0.416 e. The average Bonchev–Trinajstić information content (AvgIpc) is 2.58. The molecule has 5 nitrogen and oxygen atoms in total. The van der Waals surface area contributed by atoms with Crippen molar-refractivity contribution in [1.82, 2.24) is 0 Å². The van der Waals surface area contributed by atoms with Crippen LogP contribution < -0.4 is 4.72 Å². The van der Waals surface area contributed by atoms with Crippen LogP contribution in [0.25, 0.3) is 0 Å². The number of phenols is 2. The molecule has 0 unspecified atom stereocenters. The fourth-order valence-corrected chi connectivity index (χ4v) is 3.66. The largest absolute Gasteiger partial charge is 0.506 e. The highest BCUT2D eigenvalue weighted by Crippen LogP contribution is 2.37. The maximum atomic E-state index is 12.8. The van der Waals surface area contributed by atoms with E-state index < -0.39 is 43.8 Å². The molecule has 0 saturated carbocycles. The predicted molar refractivity (Wildman–Crippen MR) is 95.3 cm³/mol. The van der Waals surface area contributed by atoms with E-state index in [1.165, 1.54) is 12.1 Å². The summed E-state index contributed by atoms with van der Waals surface area (Å²) in [6, 6.07) is 5.83. The van der Waals surface area contributed by atoms with Crippen molar-refractivity contribution in [3.8, 4) is 11.5 Å². The lowest BCUT2D eigenvalue weighted by Gasteiger charge is -2.14. The maximum Gasteiger partial charge on any atom is 0.416 e. The van der Waals surface area contributed by atoms with Crippen molar-refractivity contribution >= 4 is 15.7 Å². The molecule has 0 radical (unpaired) electrons. The molecule has 0 atom stereocenters. The van der Waals surface area contributed by atoms with Gasteiger partial charge in [0.2, 0.25) is 0 Å². The number of halogens is 3. The SMILES string of the molecule is CCCCCc1cc(O)c(NS(=O)(=O)c2cccc(C(F)(F)F)c2)c(O)c1. The lowest BCUT2D eigenvalue weighted by atomic mass is 10.1. The lowest BCUT2D eigenvalue weighted by molar-refractivity contribution is -0.137. The second kappa shape index (κ2) is 8.08. The Labute approximate surface area is 155 Å². The summed E-state index contributed by atoms with van der Waals surface area (Å²) in [7, 11) is -4.44. The van der Waals surface area contributed by atoms with Gasteiger partial charge in [0.15, 0.2) is 0 Å². The number of hydrogen-bond donors (Lipinski definition) is 3. The maximum absolute atomic E-state index is 12.8. The molecule has 0 aliphatic rings. The van der Waals surface area contributed by atoms with Gasteiger partial charge >= 0.3 is 6.18 Å². The van der Waals surface area contributed by atoms with Gasteiger partial charge in [-0.3, -0.25) is 4.72 Å². The van der Waals surface area contributed by atoms with E-state index in [9.17, 15) is 31.8 Å². The fourth-order valence-electron chi connectivity index (χ4n) is 2.53. The molecule has 0 aliphatic heterocycles. The molecular formula is C18H20F3NO4S. The molecule has 0 heterocycles. The average molecular weight is 403 g/mol. The second-order valence-electron chi connectivity index (χ2n) is 6.10. The molecule has 0 saturated heterocycles. The number of benzene rings is 2. The summed E-state index contributed by atoms with van der Waals surface area (Å²) in [5, 5.41) is 20.1. The van der Waals surface area contributed by atoms with Crippen molar-refractivity contribution in [2.24, 2.45) is 0 Å². The third-order valence-corrected chi connectivity index (χ3v) is 5.28. The van der Waals surface area contributed by atoms with Crippen molar-refractivity contribution in [3.63, 3.8) is 0 Å². The van der Waals surface area contributed by atoms with Gasteiger partial charge in [-0.1, -0.05) is 25.8 Å². The Hall–Kier alpha value is -2.42. The molecule has 0 aliphatic carbocycles. The van der Waals surface area contributed by atoms with Crippen LogP contribution in [0, 0.1) is 0 Å². The summed E-state index contributed by atoms with van der Waals surface area (Å²) >= 11 is 0.